The molecule has 32 heavy (non-hydrogen) atoms. The number of ether oxygens (including phenoxy) is 2. The number of para-hydroxylation sites is 1. The highest BCUT2D eigenvalue weighted by Crippen LogP contribution is 2.60. The van der Waals surface area contributed by atoms with Crippen LogP contribution in [0.5, 0.6) is 0 Å². The lowest BCUT2D eigenvalue weighted by Gasteiger charge is -2.41. The number of carbonyl (C=O) groups excluding carboxylic acids is 2. The smallest absolute Gasteiger partial charge is 0.365 e. The number of hydrazone groups is 1. The van der Waals surface area contributed by atoms with Crippen LogP contribution < -0.4 is 9.91 Å². The third-order valence-corrected chi connectivity index (χ3v) is 7.83. The SMILES string of the molecule is CCOC(=O)C1=NN(c2ccc(C)cc2)[C@@]2(S1)SC(C(=O)OC)=C(C)N2c1ccccc1. The number of anilines is 2. The second kappa shape index (κ2) is 8.91. The van der Waals surface area contributed by atoms with Gasteiger partial charge in [-0.3, -0.25) is 0 Å². The fraction of sp³-hybridized carbons (Fsp3) is 0.261. The maximum absolute atomic E-state index is 12.7. The summed E-state index contributed by atoms with van der Waals surface area (Å²) in [6.45, 7) is 5.88. The van der Waals surface area contributed by atoms with Gasteiger partial charge in [0.05, 0.1) is 19.4 Å². The van der Waals surface area contributed by atoms with Crippen molar-refractivity contribution >= 4 is 51.9 Å². The molecule has 4 rings (SSSR count). The summed E-state index contributed by atoms with van der Waals surface area (Å²) in [5.74, 6) is -0.927. The Balaban J connectivity index is 1.89. The lowest BCUT2D eigenvalue weighted by atomic mass is 10.2. The van der Waals surface area contributed by atoms with E-state index in [-0.39, 0.29) is 11.7 Å². The van der Waals surface area contributed by atoms with Gasteiger partial charge in [0.2, 0.25) is 9.37 Å². The third kappa shape index (κ3) is 3.75. The van der Waals surface area contributed by atoms with Gasteiger partial charge in [-0.1, -0.05) is 47.7 Å². The Labute approximate surface area is 195 Å². The molecule has 0 fully saturated rings. The first-order valence-electron chi connectivity index (χ1n) is 10.1. The molecule has 2 aromatic carbocycles. The van der Waals surface area contributed by atoms with Gasteiger partial charge in [0.1, 0.15) is 4.91 Å². The Kier molecular flexibility index (Phi) is 6.21. The summed E-state index contributed by atoms with van der Waals surface area (Å²) in [5, 5.41) is 6.67. The van der Waals surface area contributed by atoms with Crippen LogP contribution in [-0.2, 0) is 19.1 Å². The maximum Gasteiger partial charge on any atom is 0.365 e. The highest BCUT2D eigenvalue weighted by molar-refractivity contribution is 8.29. The molecule has 0 N–H and O–H groups in total. The summed E-state index contributed by atoms with van der Waals surface area (Å²) in [7, 11) is 1.36. The summed E-state index contributed by atoms with van der Waals surface area (Å²) in [5.41, 5.74) is 3.47. The zero-order chi connectivity index (χ0) is 22.9. The maximum atomic E-state index is 12.7. The number of hydrogen-bond donors (Lipinski definition) is 0. The standard InChI is InChI=1S/C23H23N3O4S2/c1-5-30-22(28)20-24-26(18-13-11-15(2)12-14-18)23(32-20)25(17-9-7-6-8-10-17)16(3)19(31-23)21(27)29-4/h6-14H,5H2,1-4H3/t23-/m1/s1. The molecule has 0 bridgehead atoms. The molecule has 0 aliphatic carbocycles. The summed E-state index contributed by atoms with van der Waals surface area (Å²) < 4.78 is 9.32. The van der Waals surface area contributed by atoms with Crippen LogP contribution in [-0.4, -0.2) is 35.0 Å². The number of aryl methyl sites for hydroxylation is 1. The van der Waals surface area contributed by atoms with Crippen molar-refractivity contribution < 1.29 is 19.1 Å². The number of allylic oxidation sites excluding steroid dienone is 1. The number of hydrogen-bond acceptors (Lipinski definition) is 9. The Morgan fingerprint density at radius 1 is 0.969 bits per heavy atom. The molecule has 1 atom stereocenters. The number of benzene rings is 2. The predicted octanol–water partition coefficient (Wildman–Crippen LogP) is 4.69. The van der Waals surface area contributed by atoms with Gasteiger partial charge in [0, 0.05) is 11.4 Å². The molecule has 166 valence electrons. The zero-order valence-electron chi connectivity index (χ0n) is 18.2. The normalized spacial score (nSPS) is 20.1. The van der Waals surface area contributed by atoms with Crippen molar-refractivity contribution in [3.05, 3.63) is 70.8 Å². The van der Waals surface area contributed by atoms with Crippen molar-refractivity contribution in [2.45, 2.75) is 25.1 Å². The van der Waals surface area contributed by atoms with Crippen molar-refractivity contribution in [2.24, 2.45) is 5.10 Å². The molecule has 9 heteroatoms. The molecule has 2 aliphatic heterocycles. The number of rotatable bonds is 5. The van der Waals surface area contributed by atoms with E-state index in [1.807, 2.05) is 73.3 Å². The molecule has 2 aromatic rings. The number of methoxy groups -OCH3 is 1. The zero-order valence-corrected chi connectivity index (χ0v) is 19.8. The van der Waals surface area contributed by atoms with Gasteiger partial charge in [-0.2, -0.15) is 5.10 Å². The monoisotopic (exact) mass is 469 g/mol. The molecular weight excluding hydrogens is 446 g/mol. The van der Waals surface area contributed by atoms with Gasteiger partial charge < -0.3 is 14.4 Å². The van der Waals surface area contributed by atoms with E-state index in [4.69, 9.17) is 9.47 Å². The first-order valence-corrected chi connectivity index (χ1v) is 11.7. The van der Waals surface area contributed by atoms with Crippen LogP contribution in [0.15, 0.2) is 70.3 Å². The fourth-order valence-corrected chi connectivity index (χ4v) is 6.49. The highest BCUT2D eigenvalue weighted by Gasteiger charge is 2.58. The summed E-state index contributed by atoms with van der Waals surface area (Å²) in [6, 6.07) is 17.6. The van der Waals surface area contributed by atoms with Gasteiger partial charge >= 0.3 is 11.9 Å². The summed E-state index contributed by atoms with van der Waals surface area (Å²) in [4.78, 5) is 27.8. The van der Waals surface area contributed by atoms with Gasteiger partial charge in [0.15, 0.2) is 0 Å². The Morgan fingerprint density at radius 2 is 1.66 bits per heavy atom. The van der Waals surface area contributed by atoms with E-state index in [9.17, 15) is 9.59 Å². The van der Waals surface area contributed by atoms with E-state index < -0.39 is 16.3 Å². The van der Waals surface area contributed by atoms with Crippen molar-refractivity contribution in [3.8, 4) is 0 Å². The average molecular weight is 470 g/mol. The van der Waals surface area contributed by atoms with Gasteiger partial charge in [-0.15, -0.1) is 0 Å². The van der Waals surface area contributed by atoms with Crippen LogP contribution in [0.4, 0.5) is 11.4 Å². The first kappa shape index (κ1) is 22.3. The van der Waals surface area contributed by atoms with Crippen LogP contribution in [0.2, 0.25) is 0 Å². The number of nitrogens with zero attached hydrogens (tertiary/aromatic N) is 3. The van der Waals surface area contributed by atoms with Crippen LogP contribution in [0, 0.1) is 6.92 Å². The van der Waals surface area contributed by atoms with Crippen LogP contribution in [0.3, 0.4) is 0 Å². The quantitative estimate of drug-likeness (QED) is 0.584. The van der Waals surface area contributed by atoms with E-state index in [1.54, 1.807) is 11.9 Å². The molecule has 2 aliphatic rings. The molecule has 0 radical (unpaired) electrons. The molecule has 1 spiro atoms. The van der Waals surface area contributed by atoms with Crippen molar-refractivity contribution in [1.82, 2.24) is 0 Å². The number of thioether (sulfide) groups is 2. The van der Waals surface area contributed by atoms with E-state index >= 15 is 0 Å². The minimum Gasteiger partial charge on any atom is -0.465 e. The van der Waals surface area contributed by atoms with Crippen molar-refractivity contribution in [1.29, 1.82) is 0 Å². The lowest BCUT2D eigenvalue weighted by Crippen LogP contribution is -2.49. The lowest BCUT2D eigenvalue weighted by molar-refractivity contribution is -0.135. The minimum atomic E-state index is -0.980. The second-order valence-electron chi connectivity index (χ2n) is 7.10. The van der Waals surface area contributed by atoms with Crippen LogP contribution in [0.1, 0.15) is 19.4 Å². The largest absolute Gasteiger partial charge is 0.465 e. The number of esters is 2. The second-order valence-corrected chi connectivity index (χ2v) is 9.70. The molecule has 0 unspecified atom stereocenters. The third-order valence-electron chi connectivity index (χ3n) is 4.98. The van der Waals surface area contributed by atoms with E-state index in [1.165, 1.54) is 30.6 Å². The van der Waals surface area contributed by atoms with E-state index in [0.29, 0.717) is 4.91 Å². The predicted molar refractivity (Wildman–Crippen MR) is 129 cm³/mol. The van der Waals surface area contributed by atoms with E-state index in [2.05, 4.69) is 5.10 Å². The van der Waals surface area contributed by atoms with E-state index in [0.717, 1.165) is 22.6 Å². The van der Waals surface area contributed by atoms with Crippen LogP contribution in [0.25, 0.3) is 0 Å². The topological polar surface area (TPSA) is 71.4 Å². The van der Waals surface area contributed by atoms with Gasteiger partial charge in [-0.05, 0) is 56.8 Å². The number of carbonyl (C=O) groups is 2. The van der Waals surface area contributed by atoms with Gasteiger partial charge in [0.25, 0.3) is 0 Å². The van der Waals surface area contributed by atoms with Gasteiger partial charge in [-0.25, -0.2) is 14.6 Å². The molecule has 0 aromatic heterocycles. The Hall–Kier alpha value is -2.91. The minimum absolute atomic E-state index is 0.222. The summed E-state index contributed by atoms with van der Waals surface area (Å²) >= 11 is 2.56. The summed E-state index contributed by atoms with van der Waals surface area (Å²) in [6.07, 6.45) is 0. The van der Waals surface area contributed by atoms with Crippen molar-refractivity contribution in [2.75, 3.05) is 23.6 Å². The molecule has 2 heterocycles. The fourth-order valence-electron chi connectivity index (χ4n) is 3.51. The Morgan fingerprint density at radius 3 is 2.28 bits per heavy atom. The molecule has 0 saturated heterocycles. The molecule has 0 saturated carbocycles. The van der Waals surface area contributed by atoms with Crippen molar-refractivity contribution in [3.63, 3.8) is 0 Å². The molecule has 7 nitrogen and oxygen atoms in total. The molecular formula is C23H23N3O4S2. The molecule has 0 amide bonds. The highest BCUT2D eigenvalue weighted by atomic mass is 32.2. The average Bonchev–Trinajstić information content (AvgIpc) is 3.32. The first-order chi connectivity index (χ1) is 15.4. The van der Waals surface area contributed by atoms with Crippen LogP contribution >= 0.6 is 23.5 Å². The Bertz CT molecular complexity index is 1100.